The second-order valence-electron chi connectivity index (χ2n) is 5.73. The van der Waals surface area contributed by atoms with Crippen LogP contribution in [0.25, 0.3) is 10.9 Å². The Morgan fingerprint density at radius 3 is 2.91 bits per heavy atom. The van der Waals surface area contributed by atoms with Gasteiger partial charge in [0.05, 0.1) is 12.1 Å². The monoisotopic (exact) mass is 328 g/mol. The smallest absolute Gasteiger partial charge is 0.167 e. The SMILES string of the molecule is C[C@H](N)Cc1c2n(c3cc(F)c(OCCO)cc13)CCC2.Cl. The Balaban J connectivity index is 0.00000176. The van der Waals surface area contributed by atoms with Crippen LogP contribution in [0.4, 0.5) is 4.39 Å². The molecule has 3 rings (SSSR count). The maximum atomic E-state index is 14.1. The topological polar surface area (TPSA) is 60.4 Å². The highest BCUT2D eigenvalue weighted by molar-refractivity contribution is 5.87. The van der Waals surface area contributed by atoms with Crippen LogP contribution in [0.1, 0.15) is 24.6 Å². The number of fused-ring (bicyclic) bond motifs is 3. The highest BCUT2D eigenvalue weighted by Crippen LogP contribution is 2.35. The molecule has 0 unspecified atom stereocenters. The van der Waals surface area contributed by atoms with Gasteiger partial charge in [0.25, 0.3) is 0 Å². The number of rotatable bonds is 5. The largest absolute Gasteiger partial charge is 0.488 e. The van der Waals surface area contributed by atoms with Gasteiger partial charge < -0.3 is 20.1 Å². The van der Waals surface area contributed by atoms with E-state index in [0.717, 1.165) is 36.7 Å². The molecule has 0 amide bonds. The number of hydrogen-bond acceptors (Lipinski definition) is 3. The second-order valence-corrected chi connectivity index (χ2v) is 5.73. The lowest BCUT2D eigenvalue weighted by Crippen LogP contribution is -2.18. The molecular weight excluding hydrogens is 307 g/mol. The number of hydrogen-bond donors (Lipinski definition) is 2. The molecule has 0 saturated carbocycles. The number of ether oxygens (including phenoxy) is 1. The van der Waals surface area contributed by atoms with Crippen molar-refractivity contribution in [3.05, 3.63) is 29.2 Å². The number of aromatic nitrogens is 1. The lowest BCUT2D eigenvalue weighted by Gasteiger charge is -2.09. The van der Waals surface area contributed by atoms with Gasteiger partial charge in [0.2, 0.25) is 0 Å². The van der Waals surface area contributed by atoms with Crippen LogP contribution in [0, 0.1) is 5.82 Å². The van der Waals surface area contributed by atoms with E-state index in [1.165, 1.54) is 11.3 Å². The molecule has 22 heavy (non-hydrogen) atoms. The third kappa shape index (κ3) is 2.93. The van der Waals surface area contributed by atoms with Gasteiger partial charge in [-0.05, 0) is 37.8 Å². The van der Waals surface area contributed by atoms with E-state index < -0.39 is 0 Å². The maximum Gasteiger partial charge on any atom is 0.167 e. The van der Waals surface area contributed by atoms with Crippen molar-refractivity contribution in [3.63, 3.8) is 0 Å². The van der Waals surface area contributed by atoms with Crippen LogP contribution in [0.3, 0.4) is 0 Å². The Bertz CT molecular complexity index is 670. The minimum atomic E-state index is -0.379. The summed E-state index contributed by atoms with van der Waals surface area (Å²) >= 11 is 0. The summed E-state index contributed by atoms with van der Waals surface area (Å²) in [7, 11) is 0. The Morgan fingerprint density at radius 1 is 1.45 bits per heavy atom. The van der Waals surface area contributed by atoms with Gasteiger partial charge in [-0.25, -0.2) is 4.39 Å². The number of aliphatic hydroxyl groups is 1. The van der Waals surface area contributed by atoms with E-state index in [9.17, 15) is 4.39 Å². The van der Waals surface area contributed by atoms with Crippen molar-refractivity contribution in [1.29, 1.82) is 0 Å². The first-order valence-electron chi connectivity index (χ1n) is 7.44. The predicted octanol–water partition coefficient (Wildman–Crippen LogP) is 2.41. The van der Waals surface area contributed by atoms with Crippen molar-refractivity contribution in [2.75, 3.05) is 13.2 Å². The number of aliphatic hydroxyl groups excluding tert-OH is 1. The number of benzene rings is 1. The molecule has 0 saturated heterocycles. The predicted molar refractivity (Wildman–Crippen MR) is 87.4 cm³/mol. The summed E-state index contributed by atoms with van der Waals surface area (Å²) in [5.41, 5.74) is 9.39. The summed E-state index contributed by atoms with van der Waals surface area (Å²) in [5, 5.41) is 9.86. The van der Waals surface area contributed by atoms with Crippen molar-refractivity contribution in [3.8, 4) is 5.75 Å². The normalized spacial score (nSPS) is 14.7. The fourth-order valence-corrected chi connectivity index (χ4v) is 3.23. The highest BCUT2D eigenvalue weighted by atomic mass is 35.5. The van der Waals surface area contributed by atoms with Crippen LogP contribution >= 0.6 is 12.4 Å². The molecule has 1 aliphatic heterocycles. The summed E-state index contributed by atoms with van der Waals surface area (Å²) in [6.45, 7) is 2.88. The van der Waals surface area contributed by atoms with Crippen molar-refractivity contribution >= 4 is 23.3 Å². The summed E-state index contributed by atoms with van der Waals surface area (Å²) < 4.78 is 21.6. The van der Waals surface area contributed by atoms with E-state index in [2.05, 4.69) is 4.57 Å². The summed E-state index contributed by atoms with van der Waals surface area (Å²) in [5.74, 6) is -0.178. The number of nitrogens with zero attached hydrogens (tertiary/aromatic N) is 1. The third-order valence-corrected chi connectivity index (χ3v) is 4.01. The zero-order chi connectivity index (χ0) is 15.0. The van der Waals surface area contributed by atoms with Crippen LogP contribution in [0.15, 0.2) is 12.1 Å². The average molecular weight is 329 g/mol. The van der Waals surface area contributed by atoms with Crippen molar-refractivity contribution in [1.82, 2.24) is 4.57 Å². The van der Waals surface area contributed by atoms with Gasteiger partial charge in [-0.15, -0.1) is 12.4 Å². The Labute approximate surface area is 135 Å². The Morgan fingerprint density at radius 2 is 2.23 bits per heavy atom. The van der Waals surface area contributed by atoms with Crippen molar-refractivity contribution < 1.29 is 14.2 Å². The minimum Gasteiger partial charge on any atom is -0.488 e. The molecular formula is C16H22ClFN2O2. The Kier molecular flexibility index (Phi) is 5.32. The van der Waals surface area contributed by atoms with Gasteiger partial charge in [-0.2, -0.15) is 0 Å². The first-order chi connectivity index (χ1) is 10.1. The maximum absolute atomic E-state index is 14.1. The van der Waals surface area contributed by atoms with Gasteiger partial charge in [0, 0.05) is 29.7 Å². The molecule has 6 heteroatoms. The number of aryl methyl sites for hydroxylation is 1. The molecule has 1 aromatic carbocycles. The fourth-order valence-electron chi connectivity index (χ4n) is 3.23. The molecule has 1 aliphatic rings. The van der Waals surface area contributed by atoms with E-state index in [-0.39, 0.29) is 43.2 Å². The quantitative estimate of drug-likeness (QED) is 0.886. The molecule has 0 aliphatic carbocycles. The van der Waals surface area contributed by atoms with Crippen LogP contribution in [-0.4, -0.2) is 28.9 Å². The number of nitrogens with two attached hydrogens (primary N) is 1. The van der Waals surface area contributed by atoms with E-state index in [1.54, 1.807) is 12.1 Å². The fraction of sp³-hybridized carbons (Fsp3) is 0.500. The summed E-state index contributed by atoms with van der Waals surface area (Å²) in [6, 6.07) is 3.36. The number of halogens is 2. The minimum absolute atomic E-state index is 0. The van der Waals surface area contributed by atoms with Crippen LogP contribution < -0.4 is 10.5 Å². The van der Waals surface area contributed by atoms with Crippen molar-refractivity contribution in [2.45, 2.75) is 38.8 Å². The first-order valence-corrected chi connectivity index (χ1v) is 7.44. The van der Waals surface area contributed by atoms with E-state index in [1.807, 2.05) is 6.92 Å². The van der Waals surface area contributed by atoms with E-state index in [4.69, 9.17) is 15.6 Å². The molecule has 0 bridgehead atoms. The van der Waals surface area contributed by atoms with Crippen LogP contribution in [-0.2, 0) is 19.4 Å². The molecule has 2 heterocycles. The standard InChI is InChI=1S/C16H21FN2O2.ClH/c1-10(18)7-11-12-8-16(21-6-5-20)13(17)9-15(12)19-4-2-3-14(11)19;/h8-10,20H,2-7,18H2,1H3;1H/t10-;/m0./s1. The first kappa shape index (κ1) is 17.1. The van der Waals surface area contributed by atoms with E-state index >= 15 is 0 Å². The van der Waals surface area contributed by atoms with Gasteiger partial charge in [-0.3, -0.25) is 0 Å². The van der Waals surface area contributed by atoms with Crippen LogP contribution in [0.2, 0.25) is 0 Å². The van der Waals surface area contributed by atoms with Crippen molar-refractivity contribution in [2.24, 2.45) is 5.73 Å². The Hall–Kier alpha value is -1.30. The summed E-state index contributed by atoms with van der Waals surface area (Å²) in [4.78, 5) is 0. The molecule has 0 fully saturated rings. The van der Waals surface area contributed by atoms with E-state index in [0.29, 0.717) is 0 Å². The zero-order valence-corrected chi connectivity index (χ0v) is 13.5. The summed E-state index contributed by atoms with van der Waals surface area (Å²) in [6.07, 6.45) is 2.90. The molecule has 4 nitrogen and oxygen atoms in total. The average Bonchev–Trinajstić information content (AvgIpc) is 3.00. The lowest BCUT2D eigenvalue weighted by atomic mass is 10.0. The third-order valence-electron chi connectivity index (χ3n) is 4.01. The second kappa shape index (κ2) is 6.86. The molecule has 1 aromatic heterocycles. The van der Waals surface area contributed by atoms with Gasteiger partial charge >= 0.3 is 0 Å². The zero-order valence-electron chi connectivity index (χ0n) is 12.6. The van der Waals surface area contributed by atoms with Crippen LogP contribution in [0.5, 0.6) is 5.75 Å². The van der Waals surface area contributed by atoms with Gasteiger partial charge in [0.15, 0.2) is 11.6 Å². The van der Waals surface area contributed by atoms with Gasteiger partial charge in [0.1, 0.15) is 6.61 Å². The lowest BCUT2D eigenvalue weighted by molar-refractivity contribution is 0.196. The molecule has 0 spiro atoms. The molecule has 3 N–H and O–H groups in total. The van der Waals surface area contributed by atoms with Gasteiger partial charge in [-0.1, -0.05) is 0 Å². The molecule has 2 aromatic rings. The highest BCUT2D eigenvalue weighted by Gasteiger charge is 2.23. The molecule has 122 valence electrons. The molecule has 1 atom stereocenters. The molecule has 0 radical (unpaired) electrons.